The van der Waals surface area contributed by atoms with E-state index in [1.807, 2.05) is 19.1 Å². The van der Waals surface area contributed by atoms with Crippen molar-refractivity contribution in [2.75, 3.05) is 21.3 Å². The number of anilines is 2. The number of nitro groups is 1. The van der Waals surface area contributed by atoms with Crippen LogP contribution in [0.4, 0.5) is 21.9 Å². The van der Waals surface area contributed by atoms with Gasteiger partial charge in [0.25, 0.3) is 5.69 Å². The van der Waals surface area contributed by atoms with E-state index in [9.17, 15) is 23.3 Å². The van der Waals surface area contributed by atoms with E-state index < -0.39 is 26.8 Å². The number of carbonyl (C=O) groups is 1. The van der Waals surface area contributed by atoms with E-state index in [1.54, 1.807) is 12.1 Å². The van der Waals surface area contributed by atoms with Crippen LogP contribution in [0.5, 0.6) is 0 Å². The van der Waals surface area contributed by atoms with Crippen LogP contribution in [-0.4, -0.2) is 43.0 Å². The molecule has 2 atom stereocenters. The second-order valence-electron chi connectivity index (χ2n) is 6.84. The van der Waals surface area contributed by atoms with Crippen LogP contribution < -0.4 is 9.80 Å². The first-order valence-corrected chi connectivity index (χ1v) is 10.2. The number of aryl methyl sites for hydroxylation is 1. The lowest BCUT2D eigenvalue weighted by atomic mass is 10.1. The van der Waals surface area contributed by atoms with Crippen molar-refractivity contribution < 1.29 is 18.1 Å². The molecule has 0 bridgehead atoms. The van der Waals surface area contributed by atoms with Crippen molar-refractivity contribution in [2.45, 2.75) is 19.0 Å². The third-order valence-corrected chi connectivity index (χ3v) is 6.72. The quantitative estimate of drug-likeness (QED) is 0.458. The topological polar surface area (TPSA) is 101 Å². The van der Waals surface area contributed by atoms with Crippen LogP contribution in [0.15, 0.2) is 48.5 Å². The second-order valence-corrected chi connectivity index (χ2v) is 9.00. The van der Waals surface area contributed by atoms with Crippen molar-refractivity contribution in [3.63, 3.8) is 0 Å². The number of fused-ring (bicyclic) bond motifs is 1. The lowest BCUT2D eigenvalue weighted by Gasteiger charge is -2.22. The average molecular weight is 387 g/mol. The predicted molar refractivity (Wildman–Crippen MR) is 101 cm³/mol. The minimum absolute atomic E-state index is 0.0867. The number of carbonyl (C=O) groups excluding carboxylic acids is 1. The third-order valence-electron chi connectivity index (χ3n) is 5.02. The maximum atomic E-state index is 13.2. The molecule has 0 radical (unpaired) electrons. The molecule has 0 spiro atoms. The number of non-ortho nitro benzene ring substituents is 1. The summed E-state index contributed by atoms with van der Waals surface area (Å²) < 4.78 is 24.5. The van der Waals surface area contributed by atoms with Gasteiger partial charge < -0.3 is 0 Å². The maximum absolute atomic E-state index is 13.2. The van der Waals surface area contributed by atoms with Gasteiger partial charge >= 0.3 is 6.03 Å². The van der Waals surface area contributed by atoms with Gasteiger partial charge in [-0.3, -0.25) is 19.9 Å². The Kier molecular flexibility index (Phi) is 3.92. The van der Waals surface area contributed by atoms with E-state index in [4.69, 9.17) is 0 Å². The number of amides is 2. The van der Waals surface area contributed by atoms with Gasteiger partial charge in [-0.25, -0.2) is 13.2 Å². The molecule has 2 fully saturated rings. The van der Waals surface area contributed by atoms with Crippen LogP contribution >= 0.6 is 0 Å². The summed E-state index contributed by atoms with van der Waals surface area (Å²) in [7, 11) is -3.28. The molecule has 0 saturated carbocycles. The first kappa shape index (κ1) is 17.5. The summed E-state index contributed by atoms with van der Waals surface area (Å²) in [5.41, 5.74) is 2.04. The summed E-state index contributed by atoms with van der Waals surface area (Å²) in [6, 6.07) is 11.6. The maximum Gasteiger partial charge on any atom is 0.329 e. The zero-order chi connectivity index (χ0) is 19.3. The molecule has 2 aromatic carbocycles. The van der Waals surface area contributed by atoms with Crippen LogP contribution in [-0.2, 0) is 9.84 Å². The Bertz CT molecular complexity index is 1020. The van der Waals surface area contributed by atoms with Gasteiger partial charge in [0.05, 0.1) is 28.5 Å². The summed E-state index contributed by atoms with van der Waals surface area (Å²) in [5.74, 6) is -0.219. The molecule has 4 rings (SSSR count). The van der Waals surface area contributed by atoms with Gasteiger partial charge in [-0.2, -0.15) is 0 Å². The molecule has 140 valence electrons. The Hall–Kier alpha value is -2.94. The molecule has 2 amide bonds. The molecule has 2 aromatic rings. The Morgan fingerprint density at radius 2 is 1.37 bits per heavy atom. The Morgan fingerprint density at radius 3 is 1.81 bits per heavy atom. The number of sulfone groups is 1. The Balaban J connectivity index is 1.76. The van der Waals surface area contributed by atoms with Gasteiger partial charge in [0.2, 0.25) is 0 Å². The van der Waals surface area contributed by atoms with Crippen molar-refractivity contribution in [2.24, 2.45) is 0 Å². The third kappa shape index (κ3) is 2.93. The summed E-state index contributed by atoms with van der Waals surface area (Å²) in [6.07, 6.45) is 0. The van der Waals surface area contributed by atoms with Crippen molar-refractivity contribution in [1.82, 2.24) is 0 Å². The number of rotatable bonds is 3. The summed E-state index contributed by atoms with van der Waals surface area (Å²) >= 11 is 0. The first-order valence-electron chi connectivity index (χ1n) is 8.41. The monoisotopic (exact) mass is 387 g/mol. The molecular weight excluding hydrogens is 370 g/mol. The molecule has 0 N–H and O–H groups in total. The van der Waals surface area contributed by atoms with Crippen molar-refractivity contribution >= 4 is 32.9 Å². The normalized spacial score (nSPS) is 23.5. The highest BCUT2D eigenvalue weighted by Crippen LogP contribution is 2.38. The smallest absolute Gasteiger partial charge is 0.288 e. The number of nitro benzene ring substituents is 1. The minimum Gasteiger partial charge on any atom is -0.288 e. The predicted octanol–water partition coefficient (Wildman–Crippen LogP) is 2.52. The van der Waals surface area contributed by atoms with E-state index in [1.165, 1.54) is 34.1 Å². The van der Waals surface area contributed by atoms with Gasteiger partial charge in [-0.05, 0) is 31.2 Å². The van der Waals surface area contributed by atoms with E-state index >= 15 is 0 Å². The number of benzene rings is 2. The Labute approximate surface area is 156 Å². The fourth-order valence-corrected chi connectivity index (χ4v) is 5.67. The molecule has 9 heteroatoms. The van der Waals surface area contributed by atoms with Gasteiger partial charge in [-0.15, -0.1) is 0 Å². The standard InChI is InChI=1S/C18H17N3O5S/c1-12-2-4-13(5-3-12)19-16-10-27(25,26)11-17(16)20(18(19)22)14-6-8-15(9-7-14)21(23)24/h2-9,16-17H,10-11H2,1H3. The van der Waals surface area contributed by atoms with E-state index in [0.717, 1.165) is 5.56 Å². The van der Waals surface area contributed by atoms with Crippen LogP contribution in [0.1, 0.15) is 5.56 Å². The van der Waals surface area contributed by atoms with Gasteiger partial charge in [0.1, 0.15) is 0 Å². The summed E-state index contributed by atoms with van der Waals surface area (Å²) in [6.45, 7) is 1.93. The molecule has 2 heterocycles. The van der Waals surface area contributed by atoms with Crippen molar-refractivity contribution in [1.29, 1.82) is 0 Å². The van der Waals surface area contributed by atoms with E-state index in [0.29, 0.717) is 11.4 Å². The highest BCUT2D eigenvalue weighted by molar-refractivity contribution is 7.91. The van der Waals surface area contributed by atoms with Crippen molar-refractivity contribution in [3.8, 4) is 0 Å². The number of hydrogen-bond acceptors (Lipinski definition) is 5. The van der Waals surface area contributed by atoms with Gasteiger partial charge in [-0.1, -0.05) is 17.7 Å². The molecule has 0 aromatic heterocycles. The largest absolute Gasteiger partial charge is 0.329 e. The van der Waals surface area contributed by atoms with Gasteiger partial charge in [0.15, 0.2) is 9.84 Å². The molecule has 8 nitrogen and oxygen atoms in total. The SMILES string of the molecule is Cc1ccc(N2C(=O)N(c3ccc([N+](=O)[O-])cc3)C3CS(=O)(=O)CC32)cc1. The fourth-order valence-electron chi connectivity index (χ4n) is 3.75. The summed E-state index contributed by atoms with van der Waals surface area (Å²) in [5, 5.41) is 10.9. The molecular formula is C18H17N3O5S. The highest BCUT2D eigenvalue weighted by Gasteiger charge is 2.54. The molecule has 2 aliphatic rings. The van der Waals surface area contributed by atoms with E-state index in [-0.39, 0.29) is 23.2 Å². The van der Waals surface area contributed by atoms with Crippen molar-refractivity contribution in [3.05, 3.63) is 64.2 Å². The van der Waals surface area contributed by atoms with Crippen LogP contribution in [0, 0.1) is 17.0 Å². The van der Waals surface area contributed by atoms with Gasteiger partial charge in [0, 0.05) is 23.5 Å². The number of hydrogen-bond donors (Lipinski definition) is 0. The fraction of sp³-hybridized carbons (Fsp3) is 0.278. The number of nitrogens with zero attached hydrogens (tertiary/aromatic N) is 3. The van der Waals surface area contributed by atoms with Crippen LogP contribution in [0.25, 0.3) is 0 Å². The van der Waals surface area contributed by atoms with Crippen LogP contribution in [0.3, 0.4) is 0 Å². The minimum atomic E-state index is -3.28. The Morgan fingerprint density at radius 1 is 0.926 bits per heavy atom. The molecule has 0 aliphatic carbocycles. The lowest BCUT2D eigenvalue weighted by Crippen LogP contribution is -2.37. The zero-order valence-corrected chi connectivity index (χ0v) is 15.3. The number of urea groups is 1. The average Bonchev–Trinajstić information content (AvgIpc) is 3.05. The zero-order valence-electron chi connectivity index (χ0n) is 14.5. The highest BCUT2D eigenvalue weighted by atomic mass is 32.2. The van der Waals surface area contributed by atoms with E-state index in [2.05, 4.69) is 0 Å². The molecule has 2 unspecified atom stereocenters. The molecule has 27 heavy (non-hydrogen) atoms. The molecule has 2 saturated heterocycles. The molecule has 2 aliphatic heterocycles. The van der Waals surface area contributed by atoms with Crippen LogP contribution in [0.2, 0.25) is 0 Å². The summed E-state index contributed by atoms with van der Waals surface area (Å²) in [4.78, 5) is 26.5. The first-order chi connectivity index (χ1) is 12.8. The second kappa shape index (κ2) is 6.05. The lowest BCUT2D eigenvalue weighted by molar-refractivity contribution is -0.384.